The number of nitrogens with one attached hydrogen (secondary N) is 1. The molecule has 0 aromatic heterocycles. The highest BCUT2D eigenvalue weighted by molar-refractivity contribution is 6.42. The normalized spacial score (nSPS) is 10.7. The van der Waals surface area contributed by atoms with Gasteiger partial charge >= 0.3 is 0 Å². The Bertz CT molecular complexity index is 1010. The van der Waals surface area contributed by atoms with Crippen molar-refractivity contribution in [1.82, 2.24) is 5.32 Å². The van der Waals surface area contributed by atoms with Crippen molar-refractivity contribution in [2.75, 3.05) is 13.7 Å². The molecule has 0 aliphatic heterocycles. The summed E-state index contributed by atoms with van der Waals surface area (Å²) in [6.45, 7) is 4.08. The summed E-state index contributed by atoms with van der Waals surface area (Å²) in [5, 5.41) is 4.90. The quantitative estimate of drug-likeness (QED) is 0.342. The van der Waals surface area contributed by atoms with Crippen molar-refractivity contribution < 1.29 is 14.2 Å². The highest BCUT2D eigenvalue weighted by Crippen LogP contribution is 2.37. The van der Waals surface area contributed by atoms with E-state index in [9.17, 15) is 0 Å². The first-order valence-corrected chi connectivity index (χ1v) is 11.0. The molecule has 3 aromatic rings. The standard InChI is InChI=1S/C24H24Cl3NO3/c1-3-30-23-12-18(14-28-13-16-4-7-19(29-2)8-5-16)11-22(27)24(23)31-15-17-6-9-20(25)21(26)10-17/h4-12,28H,3,13-15H2,1-2H3. The van der Waals surface area contributed by atoms with Crippen molar-refractivity contribution in [1.29, 1.82) is 0 Å². The van der Waals surface area contributed by atoms with Gasteiger partial charge in [0.2, 0.25) is 0 Å². The number of hydrogen-bond donors (Lipinski definition) is 1. The molecule has 3 rings (SSSR count). The summed E-state index contributed by atoms with van der Waals surface area (Å²) < 4.78 is 16.9. The second-order valence-corrected chi connectivity index (χ2v) is 8.05. The molecule has 4 nitrogen and oxygen atoms in total. The molecule has 0 radical (unpaired) electrons. The van der Waals surface area contributed by atoms with E-state index in [2.05, 4.69) is 5.32 Å². The Balaban J connectivity index is 1.66. The lowest BCUT2D eigenvalue weighted by atomic mass is 10.1. The van der Waals surface area contributed by atoms with Gasteiger partial charge in [0.15, 0.2) is 11.5 Å². The zero-order valence-electron chi connectivity index (χ0n) is 17.4. The summed E-state index contributed by atoms with van der Waals surface area (Å²) in [4.78, 5) is 0. The minimum atomic E-state index is 0.297. The Morgan fingerprint density at radius 1 is 0.742 bits per heavy atom. The van der Waals surface area contributed by atoms with Gasteiger partial charge in [-0.05, 0) is 60.0 Å². The number of hydrogen-bond acceptors (Lipinski definition) is 4. The van der Waals surface area contributed by atoms with Gasteiger partial charge in [-0.15, -0.1) is 0 Å². The summed E-state index contributed by atoms with van der Waals surface area (Å²) in [5.41, 5.74) is 3.06. The summed E-state index contributed by atoms with van der Waals surface area (Å²) in [7, 11) is 1.66. The van der Waals surface area contributed by atoms with Crippen molar-refractivity contribution in [2.24, 2.45) is 0 Å². The Labute approximate surface area is 198 Å². The lowest BCUT2D eigenvalue weighted by Gasteiger charge is -2.16. The first-order chi connectivity index (χ1) is 15.0. The highest BCUT2D eigenvalue weighted by atomic mass is 35.5. The third-order valence-corrected chi connectivity index (χ3v) is 5.57. The largest absolute Gasteiger partial charge is 0.497 e. The Morgan fingerprint density at radius 2 is 1.42 bits per heavy atom. The summed E-state index contributed by atoms with van der Waals surface area (Å²) in [6.07, 6.45) is 0. The van der Waals surface area contributed by atoms with E-state index < -0.39 is 0 Å². The van der Waals surface area contributed by atoms with Crippen molar-refractivity contribution in [3.63, 3.8) is 0 Å². The van der Waals surface area contributed by atoms with Crippen LogP contribution in [0.4, 0.5) is 0 Å². The molecule has 0 fully saturated rings. The van der Waals surface area contributed by atoms with Crippen molar-refractivity contribution in [2.45, 2.75) is 26.6 Å². The Morgan fingerprint density at radius 3 is 2.10 bits per heavy atom. The first-order valence-electron chi connectivity index (χ1n) is 9.85. The predicted molar refractivity (Wildman–Crippen MR) is 127 cm³/mol. The topological polar surface area (TPSA) is 39.7 Å². The van der Waals surface area contributed by atoms with Gasteiger partial charge in [0.1, 0.15) is 12.4 Å². The summed E-state index contributed by atoms with van der Waals surface area (Å²) in [5.74, 6) is 1.96. The van der Waals surface area contributed by atoms with E-state index in [1.165, 1.54) is 5.56 Å². The Hall–Kier alpha value is -2.11. The molecule has 7 heteroatoms. The third kappa shape index (κ3) is 6.68. The van der Waals surface area contributed by atoms with Crippen molar-refractivity contribution in [3.05, 3.63) is 86.4 Å². The molecule has 0 saturated heterocycles. The molecular formula is C24H24Cl3NO3. The molecule has 1 N–H and O–H groups in total. The molecule has 0 aliphatic carbocycles. The molecule has 0 aliphatic rings. The van der Waals surface area contributed by atoms with Crippen LogP contribution < -0.4 is 19.5 Å². The number of rotatable bonds is 10. The van der Waals surface area contributed by atoms with E-state index in [4.69, 9.17) is 49.0 Å². The van der Waals surface area contributed by atoms with Crippen LogP contribution in [0.2, 0.25) is 15.1 Å². The maximum absolute atomic E-state index is 6.53. The van der Waals surface area contributed by atoms with Gasteiger partial charge < -0.3 is 19.5 Å². The van der Waals surface area contributed by atoms with Crippen LogP contribution in [-0.4, -0.2) is 13.7 Å². The zero-order valence-corrected chi connectivity index (χ0v) is 19.7. The monoisotopic (exact) mass is 479 g/mol. The average molecular weight is 481 g/mol. The number of halogens is 3. The van der Waals surface area contributed by atoms with Gasteiger partial charge in [-0.2, -0.15) is 0 Å². The molecule has 0 saturated carbocycles. The second kappa shape index (κ2) is 11.5. The highest BCUT2D eigenvalue weighted by Gasteiger charge is 2.13. The SMILES string of the molecule is CCOc1cc(CNCc2ccc(OC)cc2)cc(Cl)c1OCc1ccc(Cl)c(Cl)c1. The van der Waals surface area contributed by atoms with E-state index in [1.807, 2.05) is 49.4 Å². The third-order valence-electron chi connectivity index (χ3n) is 4.55. The molecule has 0 bridgehead atoms. The molecular weight excluding hydrogens is 457 g/mol. The minimum Gasteiger partial charge on any atom is -0.497 e. The number of benzene rings is 3. The summed E-state index contributed by atoms with van der Waals surface area (Å²) in [6, 6.07) is 17.2. The van der Waals surface area contributed by atoms with Gasteiger partial charge in [0.05, 0.1) is 28.8 Å². The lowest BCUT2D eigenvalue weighted by Crippen LogP contribution is -2.13. The molecule has 0 atom stereocenters. The van der Waals surface area contributed by atoms with E-state index in [1.54, 1.807) is 19.2 Å². The molecule has 0 amide bonds. The van der Waals surface area contributed by atoms with E-state index in [0.29, 0.717) is 46.3 Å². The van der Waals surface area contributed by atoms with Crippen LogP contribution in [0, 0.1) is 0 Å². The van der Waals surface area contributed by atoms with Gasteiger partial charge in [-0.1, -0.05) is 53.0 Å². The van der Waals surface area contributed by atoms with Crippen LogP contribution in [0.25, 0.3) is 0 Å². The maximum Gasteiger partial charge on any atom is 0.180 e. The number of ether oxygens (including phenoxy) is 3. The lowest BCUT2D eigenvalue weighted by molar-refractivity contribution is 0.269. The fourth-order valence-electron chi connectivity index (χ4n) is 3.01. The van der Waals surface area contributed by atoms with Gasteiger partial charge in [-0.25, -0.2) is 0 Å². The van der Waals surface area contributed by atoms with Crippen molar-refractivity contribution >= 4 is 34.8 Å². The average Bonchev–Trinajstić information content (AvgIpc) is 2.76. The van der Waals surface area contributed by atoms with Crippen LogP contribution in [0.15, 0.2) is 54.6 Å². The van der Waals surface area contributed by atoms with Gasteiger partial charge in [0, 0.05) is 13.1 Å². The maximum atomic E-state index is 6.53. The zero-order chi connectivity index (χ0) is 22.2. The molecule has 0 heterocycles. The van der Waals surface area contributed by atoms with Crippen LogP contribution in [0.1, 0.15) is 23.6 Å². The van der Waals surface area contributed by atoms with Gasteiger partial charge in [-0.3, -0.25) is 0 Å². The first kappa shape index (κ1) is 23.6. The van der Waals surface area contributed by atoms with Crippen LogP contribution in [0.5, 0.6) is 17.2 Å². The molecule has 3 aromatic carbocycles. The fraction of sp³-hybridized carbons (Fsp3) is 0.250. The fourth-order valence-corrected chi connectivity index (χ4v) is 3.61. The Kier molecular flexibility index (Phi) is 8.73. The van der Waals surface area contributed by atoms with E-state index in [0.717, 1.165) is 23.4 Å². The number of methoxy groups -OCH3 is 1. The van der Waals surface area contributed by atoms with E-state index in [-0.39, 0.29) is 0 Å². The summed E-state index contributed by atoms with van der Waals surface area (Å²) >= 11 is 18.6. The molecule has 0 spiro atoms. The van der Waals surface area contributed by atoms with Crippen LogP contribution >= 0.6 is 34.8 Å². The molecule has 31 heavy (non-hydrogen) atoms. The molecule has 0 unspecified atom stereocenters. The minimum absolute atomic E-state index is 0.297. The molecule has 164 valence electrons. The van der Waals surface area contributed by atoms with Crippen LogP contribution in [-0.2, 0) is 19.7 Å². The van der Waals surface area contributed by atoms with Gasteiger partial charge in [0.25, 0.3) is 0 Å². The van der Waals surface area contributed by atoms with Crippen molar-refractivity contribution in [3.8, 4) is 17.2 Å². The second-order valence-electron chi connectivity index (χ2n) is 6.83. The smallest absolute Gasteiger partial charge is 0.180 e. The van der Waals surface area contributed by atoms with Crippen LogP contribution in [0.3, 0.4) is 0 Å². The predicted octanol–water partition coefficient (Wildman–Crippen LogP) is 6.92. The van der Waals surface area contributed by atoms with E-state index >= 15 is 0 Å².